The summed E-state index contributed by atoms with van der Waals surface area (Å²) in [5.74, 6) is 0.0206. The average molecular weight is 275 g/mol. The van der Waals surface area contributed by atoms with Crippen molar-refractivity contribution in [3.8, 4) is 0 Å². The minimum atomic E-state index is -0.0300. The van der Waals surface area contributed by atoms with Crippen LogP contribution >= 0.6 is 0 Å². The Morgan fingerprint density at radius 3 is 2.65 bits per heavy atom. The van der Waals surface area contributed by atoms with Gasteiger partial charge in [0, 0.05) is 13.1 Å². The van der Waals surface area contributed by atoms with Gasteiger partial charge in [0.05, 0.1) is 12.5 Å². The number of benzene rings is 1. The number of likely N-dealkylation sites (tertiary alicyclic amines) is 1. The molecule has 1 saturated heterocycles. The molecule has 3 nitrogen and oxygen atoms in total. The van der Waals surface area contributed by atoms with Gasteiger partial charge in [-0.3, -0.25) is 9.69 Å². The number of hydrogen-bond acceptors (Lipinski definition) is 3. The Labute approximate surface area is 121 Å². The van der Waals surface area contributed by atoms with E-state index in [2.05, 4.69) is 36.9 Å². The number of ether oxygens (including phenoxy) is 1. The van der Waals surface area contributed by atoms with E-state index in [-0.39, 0.29) is 11.9 Å². The van der Waals surface area contributed by atoms with Crippen molar-refractivity contribution in [2.75, 3.05) is 19.7 Å². The molecule has 1 aromatic rings. The average Bonchev–Trinajstić information content (AvgIpc) is 2.38. The molecule has 0 amide bonds. The first kappa shape index (κ1) is 15.0. The second-order valence-electron chi connectivity index (χ2n) is 5.82. The van der Waals surface area contributed by atoms with Crippen molar-refractivity contribution in [1.82, 2.24) is 4.90 Å². The summed E-state index contributed by atoms with van der Waals surface area (Å²) in [6.45, 7) is 9.44. The fourth-order valence-electron chi connectivity index (χ4n) is 3.07. The molecule has 0 aromatic heterocycles. The maximum Gasteiger partial charge on any atom is 0.310 e. The van der Waals surface area contributed by atoms with E-state index in [1.807, 2.05) is 6.92 Å². The highest BCUT2D eigenvalue weighted by Gasteiger charge is 2.26. The monoisotopic (exact) mass is 275 g/mol. The predicted molar refractivity (Wildman–Crippen MR) is 80.6 cm³/mol. The Hall–Kier alpha value is -1.35. The van der Waals surface area contributed by atoms with E-state index in [4.69, 9.17) is 4.74 Å². The lowest BCUT2D eigenvalue weighted by atomic mass is 9.97. The van der Waals surface area contributed by atoms with Crippen LogP contribution in [0.15, 0.2) is 18.2 Å². The Kier molecular flexibility index (Phi) is 5.18. The number of aryl methyl sites for hydroxylation is 2. The van der Waals surface area contributed by atoms with Gasteiger partial charge in [-0.15, -0.1) is 0 Å². The van der Waals surface area contributed by atoms with Crippen LogP contribution in [0.4, 0.5) is 0 Å². The molecule has 20 heavy (non-hydrogen) atoms. The van der Waals surface area contributed by atoms with Crippen LogP contribution in [0.1, 0.15) is 36.5 Å². The van der Waals surface area contributed by atoms with Crippen LogP contribution in [-0.4, -0.2) is 30.6 Å². The molecule has 1 atom stereocenters. The highest BCUT2D eigenvalue weighted by Crippen LogP contribution is 2.20. The largest absolute Gasteiger partial charge is 0.466 e. The molecule has 0 unspecified atom stereocenters. The van der Waals surface area contributed by atoms with Crippen molar-refractivity contribution in [2.24, 2.45) is 5.92 Å². The first-order valence-electron chi connectivity index (χ1n) is 7.54. The molecule has 110 valence electrons. The zero-order valence-corrected chi connectivity index (χ0v) is 12.8. The lowest BCUT2D eigenvalue weighted by Crippen LogP contribution is -2.38. The number of esters is 1. The minimum Gasteiger partial charge on any atom is -0.466 e. The van der Waals surface area contributed by atoms with Crippen molar-refractivity contribution in [3.05, 3.63) is 34.9 Å². The highest BCUT2D eigenvalue weighted by atomic mass is 16.5. The fraction of sp³-hybridized carbons (Fsp3) is 0.588. The van der Waals surface area contributed by atoms with Crippen LogP contribution in [0.2, 0.25) is 0 Å². The zero-order valence-electron chi connectivity index (χ0n) is 12.8. The second kappa shape index (κ2) is 6.89. The molecule has 0 N–H and O–H groups in total. The lowest BCUT2D eigenvalue weighted by molar-refractivity contribution is -0.150. The van der Waals surface area contributed by atoms with Crippen LogP contribution in [0.25, 0.3) is 0 Å². The van der Waals surface area contributed by atoms with Crippen molar-refractivity contribution in [3.63, 3.8) is 0 Å². The summed E-state index contributed by atoms with van der Waals surface area (Å²) in [6.07, 6.45) is 2.04. The third kappa shape index (κ3) is 4.07. The SMILES string of the molecule is CCOC(=O)[C@@H]1CCCN(Cc2cc(C)cc(C)c2)C1. The summed E-state index contributed by atoms with van der Waals surface area (Å²) < 4.78 is 5.15. The van der Waals surface area contributed by atoms with Crippen molar-refractivity contribution < 1.29 is 9.53 Å². The molecule has 2 rings (SSSR count). The van der Waals surface area contributed by atoms with Gasteiger partial charge in [0.2, 0.25) is 0 Å². The zero-order chi connectivity index (χ0) is 14.5. The summed E-state index contributed by atoms with van der Waals surface area (Å²) in [6, 6.07) is 6.67. The fourth-order valence-corrected chi connectivity index (χ4v) is 3.07. The van der Waals surface area contributed by atoms with E-state index in [1.165, 1.54) is 16.7 Å². The van der Waals surface area contributed by atoms with E-state index < -0.39 is 0 Å². The lowest BCUT2D eigenvalue weighted by Gasteiger charge is -2.31. The van der Waals surface area contributed by atoms with Gasteiger partial charge in [-0.1, -0.05) is 29.3 Å². The van der Waals surface area contributed by atoms with Crippen LogP contribution < -0.4 is 0 Å². The van der Waals surface area contributed by atoms with Gasteiger partial charge in [0.25, 0.3) is 0 Å². The van der Waals surface area contributed by atoms with Gasteiger partial charge in [-0.05, 0) is 45.7 Å². The van der Waals surface area contributed by atoms with Crippen molar-refractivity contribution >= 4 is 5.97 Å². The van der Waals surface area contributed by atoms with Gasteiger partial charge in [-0.25, -0.2) is 0 Å². The van der Waals surface area contributed by atoms with Gasteiger partial charge in [0.15, 0.2) is 0 Å². The summed E-state index contributed by atoms with van der Waals surface area (Å²) in [4.78, 5) is 14.2. The summed E-state index contributed by atoms with van der Waals surface area (Å²) in [5.41, 5.74) is 3.95. The number of nitrogens with zero attached hydrogens (tertiary/aromatic N) is 1. The molecular formula is C17H25NO2. The Morgan fingerprint density at radius 2 is 2.00 bits per heavy atom. The van der Waals surface area contributed by atoms with E-state index in [9.17, 15) is 4.79 Å². The molecule has 0 aliphatic carbocycles. The molecule has 0 saturated carbocycles. The maximum atomic E-state index is 11.9. The number of carbonyl (C=O) groups excluding carboxylic acids is 1. The molecule has 0 spiro atoms. The van der Waals surface area contributed by atoms with E-state index in [0.29, 0.717) is 6.61 Å². The number of rotatable bonds is 4. The van der Waals surface area contributed by atoms with Crippen molar-refractivity contribution in [1.29, 1.82) is 0 Å². The number of piperidine rings is 1. The van der Waals surface area contributed by atoms with Gasteiger partial charge >= 0.3 is 5.97 Å². The van der Waals surface area contributed by atoms with Gasteiger partial charge in [-0.2, -0.15) is 0 Å². The summed E-state index contributed by atoms with van der Waals surface area (Å²) >= 11 is 0. The number of carbonyl (C=O) groups is 1. The third-order valence-electron chi connectivity index (χ3n) is 3.81. The quantitative estimate of drug-likeness (QED) is 0.791. The van der Waals surface area contributed by atoms with Gasteiger partial charge in [0.1, 0.15) is 0 Å². The predicted octanol–water partition coefficient (Wildman–Crippen LogP) is 3.08. The molecule has 0 radical (unpaired) electrons. The van der Waals surface area contributed by atoms with Crippen LogP contribution in [0, 0.1) is 19.8 Å². The Balaban J connectivity index is 1.97. The summed E-state index contributed by atoms with van der Waals surface area (Å²) in [5, 5.41) is 0. The first-order valence-corrected chi connectivity index (χ1v) is 7.54. The van der Waals surface area contributed by atoms with E-state index in [0.717, 1.165) is 32.5 Å². The molecule has 1 heterocycles. The van der Waals surface area contributed by atoms with E-state index in [1.54, 1.807) is 0 Å². The minimum absolute atomic E-state index is 0.0300. The molecule has 1 fully saturated rings. The first-order chi connectivity index (χ1) is 9.58. The second-order valence-corrected chi connectivity index (χ2v) is 5.82. The molecule has 3 heteroatoms. The van der Waals surface area contributed by atoms with Crippen LogP contribution in [0.5, 0.6) is 0 Å². The summed E-state index contributed by atoms with van der Waals surface area (Å²) in [7, 11) is 0. The van der Waals surface area contributed by atoms with Gasteiger partial charge < -0.3 is 4.74 Å². The smallest absolute Gasteiger partial charge is 0.310 e. The standard InChI is InChI=1S/C17H25NO2/c1-4-20-17(19)16-6-5-7-18(12-16)11-15-9-13(2)8-14(3)10-15/h8-10,16H,4-7,11-12H2,1-3H3/t16-/m1/s1. The third-order valence-corrected chi connectivity index (χ3v) is 3.81. The molecule has 1 aliphatic heterocycles. The molecular weight excluding hydrogens is 250 g/mol. The highest BCUT2D eigenvalue weighted by molar-refractivity contribution is 5.72. The van der Waals surface area contributed by atoms with Crippen molar-refractivity contribution in [2.45, 2.75) is 40.2 Å². The van der Waals surface area contributed by atoms with E-state index >= 15 is 0 Å². The van der Waals surface area contributed by atoms with Crippen LogP contribution in [-0.2, 0) is 16.1 Å². The Morgan fingerprint density at radius 1 is 1.30 bits per heavy atom. The Bertz CT molecular complexity index is 450. The van der Waals surface area contributed by atoms with Crippen LogP contribution in [0.3, 0.4) is 0 Å². The molecule has 1 aromatic carbocycles. The maximum absolute atomic E-state index is 11.9. The molecule has 1 aliphatic rings. The molecule has 0 bridgehead atoms. The topological polar surface area (TPSA) is 29.5 Å². The number of hydrogen-bond donors (Lipinski definition) is 0. The normalized spacial score (nSPS) is 19.9.